The predicted molar refractivity (Wildman–Crippen MR) is 70.7 cm³/mol. The van der Waals surface area contributed by atoms with E-state index in [1.54, 1.807) is 0 Å². The quantitative estimate of drug-likeness (QED) is 0.800. The second-order valence-electron chi connectivity index (χ2n) is 4.78. The molecule has 1 N–H and O–H groups in total. The number of furan rings is 1. The summed E-state index contributed by atoms with van der Waals surface area (Å²) in [5, 5.41) is 8.85. The number of hydrogen-bond donors (Lipinski definition) is 1. The van der Waals surface area contributed by atoms with Crippen molar-refractivity contribution in [3.8, 4) is 12.3 Å². The first-order valence-electron chi connectivity index (χ1n) is 6.13. The van der Waals surface area contributed by atoms with Crippen molar-refractivity contribution in [1.82, 2.24) is 4.31 Å². The third-order valence-electron chi connectivity index (χ3n) is 3.13. The Kier molecular flexibility index (Phi) is 3.88. The average molecular weight is 297 g/mol. The first-order valence-corrected chi connectivity index (χ1v) is 7.57. The van der Waals surface area contributed by atoms with Crippen LogP contribution in [0.3, 0.4) is 0 Å². The molecule has 1 saturated carbocycles. The maximum atomic E-state index is 12.5. The molecule has 2 rings (SSSR count). The molecule has 1 aromatic heterocycles. The van der Waals surface area contributed by atoms with Gasteiger partial charge in [0.2, 0.25) is 15.8 Å². The largest absolute Gasteiger partial charge is 0.475 e. The van der Waals surface area contributed by atoms with Gasteiger partial charge in [-0.05, 0) is 25.7 Å². The molecule has 0 amide bonds. The minimum absolute atomic E-state index is 0.0359. The number of terminal acetylenes is 1. The van der Waals surface area contributed by atoms with Crippen LogP contribution in [0.5, 0.6) is 0 Å². The molecule has 0 atom stereocenters. The second-order valence-corrected chi connectivity index (χ2v) is 6.69. The summed E-state index contributed by atoms with van der Waals surface area (Å²) in [5.41, 5.74) is 0. The van der Waals surface area contributed by atoms with Crippen LogP contribution in [-0.2, 0) is 10.0 Å². The van der Waals surface area contributed by atoms with E-state index in [9.17, 15) is 13.2 Å². The van der Waals surface area contributed by atoms with Gasteiger partial charge in [0.25, 0.3) is 0 Å². The van der Waals surface area contributed by atoms with Gasteiger partial charge in [-0.25, -0.2) is 13.2 Å². The Morgan fingerprint density at radius 1 is 1.60 bits per heavy atom. The average Bonchev–Trinajstić information content (AvgIpc) is 3.08. The number of sulfonamides is 1. The van der Waals surface area contributed by atoms with E-state index in [1.165, 1.54) is 11.2 Å². The minimum Gasteiger partial charge on any atom is -0.475 e. The summed E-state index contributed by atoms with van der Waals surface area (Å²) < 4.78 is 31.2. The Labute approximate surface area is 117 Å². The van der Waals surface area contributed by atoms with Gasteiger partial charge in [0.05, 0.1) is 6.54 Å². The molecular formula is C13H15NO5S. The number of carbonyl (C=O) groups is 1. The van der Waals surface area contributed by atoms with Gasteiger partial charge in [0.1, 0.15) is 10.7 Å². The Morgan fingerprint density at radius 3 is 2.70 bits per heavy atom. The lowest BCUT2D eigenvalue weighted by Crippen LogP contribution is -2.33. The molecule has 6 nitrogen and oxygen atoms in total. The zero-order valence-corrected chi connectivity index (χ0v) is 11.8. The minimum atomic E-state index is -3.83. The van der Waals surface area contributed by atoms with E-state index >= 15 is 0 Å². The highest BCUT2D eigenvalue weighted by atomic mass is 32.2. The molecule has 0 aromatic carbocycles. The third-order valence-corrected chi connectivity index (χ3v) is 5.05. The summed E-state index contributed by atoms with van der Waals surface area (Å²) in [6.45, 7) is 1.75. The van der Waals surface area contributed by atoms with E-state index in [4.69, 9.17) is 15.9 Å². The van der Waals surface area contributed by atoms with Gasteiger partial charge in [-0.2, -0.15) is 4.31 Å². The van der Waals surface area contributed by atoms with Gasteiger partial charge in [-0.15, -0.1) is 6.42 Å². The second kappa shape index (κ2) is 5.31. The van der Waals surface area contributed by atoms with E-state index < -0.39 is 21.8 Å². The Bertz CT molecular complexity index is 663. The van der Waals surface area contributed by atoms with Crippen molar-refractivity contribution >= 4 is 16.0 Å². The first-order chi connectivity index (χ1) is 9.36. The maximum absolute atomic E-state index is 12.5. The van der Waals surface area contributed by atoms with Gasteiger partial charge >= 0.3 is 5.97 Å². The molecule has 0 bridgehead atoms. The molecule has 20 heavy (non-hydrogen) atoms. The van der Waals surface area contributed by atoms with Crippen LogP contribution < -0.4 is 0 Å². The zero-order chi connectivity index (χ0) is 14.9. The Hall–Kier alpha value is -1.78. The van der Waals surface area contributed by atoms with E-state index in [0.29, 0.717) is 12.5 Å². The SMILES string of the molecule is C#CCN(CC1CC1)S(=O)(=O)c1cc(C(=O)O)oc1C. The van der Waals surface area contributed by atoms with E-state index in [0.717, 1.165) is 18.9 Å². The van der Waals surface area contributed by atoms with E-state index in [-0.39, 0.29) is 17.2 Å². The fraction of sp³-hybridized carbons (Fsp3) is 0.462. The van der Waals surface area contributed by atoms with E-state index in [1.807, 2.05) is 0 Å². The number of nitrogens with zero attached hydrogens (tertiary/aromatic N) is 1. The lowest BCUT2D eigenvalue weighted by Gasteiger charge is -2.18. The summed E-state index contributed by atoms with van der Waals surface area (Å²) >= 11 is 0. The molecule has 0 radical (unpaired) electrons. The molecule has 0 saturated heterocycles. The third kappa shape index (κ3) is 2.86. The topological polar surface area (TPSA) is 87.8 Å². The first kappa shape index (κ1) is 14.6. The van der Waals surface area contributed by atoms with Crippen molar-refractivity contribution in [1.29, 1.82) is 0 Å². The van der Waals surface area contributed by atoms with Gasteiger partial charge < -0.3 is 9.52 Å². The van der Waals surface area contributed by atoms with Crippen LogP contribution in [0.4, 0.5) is 0 Å². The molecular weight excluding hydrogens is 282 g/mol. The van der Waals surface area contributed by atoms with Crippen LogP contribution in [0.15, 0.2) is 15.4 Å². The zero-order valence-electron chi connectivity index (χ0n) is 11.0. The van der Waals surface area contributed by atoms with Crippen molar-refractivity contribution in [2.75, 3.05) is 13.1 Å². The van der Waals surface area contributed by atoms with Crippen molar-refractivity contribution in [2.24, 2.45) is 5.92 Å². The number of rotatable bonds is 6. The smallest absolute Gasteiger partial charge is 0.371 e. The Balaban J connectivity index is 2.36. The fourth-order valence-electron chi connectivity index (χ4n) is 1.90. The summed E-state index contributed by atoms with van der Waals surface area (Å²) in [6, 6.07) is 1.03. The van der Waals surface area contributed by atoms with Crippen molar-refractivity contribution in [2.45, 2.75) is 24.7 Å². The van der Waals surface area contributed by atoms with Crippen molar-refractivity contribution in [3.05, 3.63) is 17.6 Å². The summed E-state index contributed by atoms with van der Waals surface area (Å²) in [5.74, 6) is 1.02. The number of carboxylic acid groups (broad SMARTS) is 1. The standard InChI is InChI=1S/C13H15NO5S/c1-3-6-14(8-10-4-5-10)20(17,18)12-7-11(13(15)16)19-9(12)2/h1,7,10H,4-6,8H2,2H3,(H,15,16). The van der Waals surface area contributed by atoms with E-state index in [2.05, 4.69) is 5.92 Å². The van der Waals surface area contributed by atoms with Gasteiger partial charge in [-0.1, -0.05) is 5.92 Å². The molecule has 0 aliphatic heterocycles. The van der Waals surface area contributed by atoms with Gasteiger partial charge in [-0.3, -0.25) is 0 Å². The molecule has 1 heterocycles. The molecule has 1 fully saturated rings. The highest BCUT2D eigenvalue weighted by Crippen LogP contribution is 2.32. The lowest BCUT2D eigenvalue weighted by atomic mass is 10.4. The Morgan fingerprint density at radius 2 is 2.25 bits per heavy atom. The number of carboxylic acids is 1. The van der Waals surface area contributed by atoms with Crippen LogP contribution in [0.25, 0.3) is 0 Å². The fourth-order valence-corrected chi connectivity index (χ4v) is 3.49. The molecule has 1 aliphatic carbocycles. The molecule has 0 spiro atoms. The van der Waals surface area contributed by atoms with Gasteiger partial charge in [0, 0.05) is 12.6 Å². The van der Waals surface area contributed by atoms with Crippen LogP contribution in [-0.4, -0.2) is 36.9 Å². The molecule has 0 unspecified atom stereocenters. The van der Waals surface area contributed by atoms with Crippen LogP contribution in [0.1, 0.15) is 29.2 Å². The monoisotopic (exact) mass is 297 g/mol. The van der Waals surface area contributed by atoms with Crippen LogP contribution in [0.2, 0.25) is 0 Å². The summed E-state index contributed by atoms with van der Waals surface area (Å²) in [4.78, 5) is 10.7. The lowest BCUT2D eigenvalue weighted by molar-refractivity contribution is 0.0661. The summed E-state index contributed by atoms with van der Waals surface area (Å²) in [6.07, 6.45) is 7.19. The normalized spacial score (nSPS) is 15.2. The molecule has 108 valence electrons. The number of aromatic carboxylic acids is 1. The number of hydrogen-bond acceptors (Lipinski definition) is 4. The van der Waals surface area contributed by atoms with Crippen LogP contribution in [0, 0.1) is 25.2 Å². The molecule has 1 aromatic rings. The molecule has 1 aliphatic rings. The summed E-state index contributed by atoms with van der Waals surface area (Å²) in [7, 11) is -3.83. The predicted octanol–water partition coefficient (Wildman–Crippen LogP) is 1.32. The highest BCUT2D eigenvalue weighted by Gasteiger charge is 2.34. The van der Waals surface area contributed by atoms with Crippen LogP contribution >= 0.6 is 0 Å². The van der Waals surface area contributed by atoms with Gasteiger partial charge in [0.15, 0.2) is 0 Å². The maximum Gasteiger partial charge on any atom is 0.371 e. The van der Waals surface area contributed by atoms with Crippen molar-refractivity contribution in [3.63, 3.8) is 0 Å². The molecule has 7 heteroatoms. The highest BCUT2D eigenvalue weighted by molar-refractivity contribution is 7.89. The van der Waals surface area contributed by atoms with Crippen molar-refractivity contribution < 1.29 is 22.7 Å². The number of aryl methyl sites for hydroxylation is 1.